The molecule has 0 aliphatic heterocycles. The minimum atomic E-state index is -2.95. The number of hydrogen-bond donors (Lipinski definition) is 1. The van der Waals surface area contributed by atoms with Gasteiger partial charge < -0.3 is 5.73 Å². The van der Waals surface area contributed by atoms with Crippen molar-refractivity contribution in [2.45, 2.75) is 18.9 Å². The van der Waals surface area contributed by atoms with Crippen LogP contribution in [0.4, 0.5) is 8.78 Å². The molecule has 0 saturated carbocycles. The third-order valence-corrected chi connectivity index (χ3v) is 8.59. The van der Waals surface area contributed by atoms with Crippen molar-refractivity contribution >= 4 is 22.8 Å². The summed E-state index contributed by atoms with van der Waals surface area (Å²) in [5, 5.41) is 1.39. The Morgan fingerprint density at radius 3 is 2.39 bits per heavy atom. The van der Waals surface area contributed by atoms with Gasteiger partial charge in [-0.05, 0) is 51.8 Å². The maximum absolute atomic E-state index is 15.4. The molecule has 5 heteroatoms. The standard InChI is InChI=1S/C39H31F2N3/c1-25(26-10-4-2-5-11-26)43-38(28-12-6-3-7-13-28)44-37(42)31-19-17-27-16-18-29(22-32(27)23-31)30-20-21-34-33-14-8-9-15-35(33)39(40,41)36(34)24-30/h2-25,27,35H,1H3,(H2,42,43,44). The lowest BCUT2D eigenvalue weighted by Gasteiger charge is -2.21. The molecule has 2 N–H and O–H groups in total. The van der Waals surface area contributed by atoms with Crippen LogP contribution in [0.5, 0.6) is 0 Å². The number of benzene rings is 3. The Labute approximate surface area is 255 Å². The Morgan fingerprint density at radius 2 is 1.59 bits per heavy atom. The van der Waals surface area contributed by atoms with Gasteiger partial charge in [0.1, 0.15) is 5.84 Å². The Hall–Kier alpha value is -5.16. The minimum Gasteiger partial charge on any atom is -0.383 e. The predicted octanol–water partition coefficient (Wildman–Crippen LogP) is 7.01. The SMILES string of the molecule is CC(N=C(N=C(N)C1=CC2=CC(=c3ccc4c(c3)C(F)(F)C3C=CC=CC=43)C=CC2C=C1)c1ccccc1)c1ccccc1. The summed E-state index contributed by atoms with van der Waals surface area (Å²) < 4.78 is 30.9. The predicted molar refractivity (Wildman–Crippen MR) is 176 cm³/mol. The zero-order chi connectivity index (χ0) is 30.3. The molecule has 0 aromatic heterocycles. The maximum atomic E-state index is 15.4. The molecule has 7 rings (SSSR count). The summed E-state index contributed by atoms with van der Waals surface area (Å²) in [6.45, 7) is 2.04. The lowest BCUT2D eigenvalue weighted by Crippen LogP contribution is -2.24. The normalized spacial score (nSPS) is 23.5. The molecular formula is C39H31F2N3. The van der Waals surface area contributed by atoms with Gasteiger partial charge in [-0.2, -0.15) is 0 Å². The van der Waals surface area contributed by atoms with Crippen molar-refractivity contribution < 1.29 is 8.78 Å². The summed E-state index contributed by atoms with van der Waals surface area (Å²) in [5.74, 6) is -2.87. The molecule has 0 amide bonds. The van der Waals surface area contributed by atoms with Crippen LogP contribution >= 0.6 is 0 Å². The van der Waals surface area contributed by atoms with Gasteiger partial charge in [-0.3, -0.25) is 4.99 Å². The van der Waals surface area contributed by atoms with Crippen LogP contribution in [0.3, 0.4) is 0 Å². The van der Waals surface area contributed by atoms with Crippen molar-refractivity contribution in [3.8, 4) is 0 Å². The fourth-order valence-corrected chi connectivity index (χ4v) is 6.19. The summed E-state index contributed by atoms with van der Waals surface area (Å²) in [4.78, 5) is 9.77. The van der Waals surface area contributed by atoms with Crippen LogP contribution in [0, 0.1) is 11.8 Å². The molecule has 216 valence electrons. The van der Waals surface area contributed by atoms with Gasteiger partial charge in [0.2, 0.25) is 0 Å². The van der Waals surface area contributed by atoms with Crippen molar-refractivity contribution in [2.24, 2.45) is 27.6 Å². The van der Waals surface area contributed by atoms with Crippen molar-refractivity contribution in [3.05, 3.63) is 178 Å². The first kappa shape index (κ1) is 27.7. The van der Waals surface area contributed by atoms with E-state index in [2.05, 4.69) is 30.4 Å². The van der Waals surface area contributed by atoms with E-state index in [9.17, 15) is 0 Å². The second-order valence-corrected chi connectivity index (χ2v) is 11.4. The van der Waals surface area contributed by atoms with E-state index in [1.807, 2.05) is 91.9 Å². The molecule has 3 aromatic rings. The highest BCUT2D eigenvalue weighted by molar-refractivity contribution is 6.12. The van der Waals surface area contributed by atoms with Crippen molar-refractivity contribution in [1.82, 2.24) is 0 Å². The number of hydrogen-bond acceptors (Lipinski definition) is 1. The smallest absolute Gasteiger partial charge is 0.284 e. The van der Waals surface area contributed by atoms with Gasteiger partial charge in [0.05, 0.1) is 12.0 Å². The van der Waals surface area contributed by atoms with Gasteiger partial charge in [0.25, 0.3) is 5.92 Å². The monoisotopic (exact) mass is 579 g/mol. The van der Waals surface area contributed by atoms with Crippen LogP contribution in [0.25, 0.3) is 11.1 Å². The molecule has 3 atom stereocenters. The van der Waals surface area contributed by atoms with Gasteiger partial charge in [0, 0.05) is 22.6 Å². The number of rotatable bonds is 4. The number of halogens is 2. The molecule has 0 saturated heterocycles. The molecule has 0 bridgehead atoms. The highest BCUT2D eigenvalue weighted by Gasteiger charge is 2.47. The molecule has 44 heavy (non-hydrogen) atoms. The number of fused-ring (bicyclic) bond motifs is 3. The average molecular weight is 580 g/mol. The van der Waals surface area contributed by atoms with Crippen LogP contribution < -0.4 is 16.2 Å². The molecule has 3 aromatic carbocycles. The van der Waals surface area contributed by atoms with Crippen LogP contribution in [-0.4, -0.2) is 11.7 Å². The van der Waals surface area contributed by atoms with E-state index < -0.39 is 11.8 Å². The number of nitrogens with zero attached hydrogens (tertiary/aromatic N) is 2. The van der Waals surface area contributed by atoms with Crippen molar-refractivity contribution in [1.29, 1.82) is 0 Å². The molecular weight excluding hydrogens is 548 g/mol. The Kier molecular flexibility index (Phi) is 7.01. The van der Waals surface area contributed by atoms with E-state index in [0.29, 0.717) is 22.5 Å². The molecule has 4 aliphatic carbocycles. The molecule has 0 heterocycles. The molecule has 4 aliphatic rings. The molecule has 3 nitrogen and oxygen atoms in total. The fourth-order valence-electron chi connectivity index (χ4n) is 6.19. The van der Waals surface area contributed by atoms with E-state index in [4.69, 9.17) is 15.7 Å². The number of allylic oxidation sites excluding steroid dienone is 10. The Balaban J connectivity index is 1.25. The van der Waals surface area contributed by atoms with Crippen LogP contribution in [0.1, 0.15) is 29.7 Å². The second-order valence-electron chi connectivity index (χ2n) is 11.4. The first-order valence-corrected chi connectivity index (χ1v) is 14.8. The molecule has 0 spiro atoms. The van der Waals surface area contributed by atoms with E-state index >= 15 is 8.78 Å². The largest absolute Gasteiger partial charge is 0.383 e. The third kappa shape index (κ3) is 5.05. The quantitative estimate of drug-likeness (QED) is 0.262. The average Bonchev–Trinajstić information content (AvgIpc) is 3.30. The van der Waals surface area contributed by atoms with Crippen LogP contribution in [-0.2, 0) is 5.92 Å². The number of aliphatic imine (C=N–C) groups is 2. The lowest BCUT2D eigenvalue weighted by atomic mass is 9.85. The number of amidine groups is 2. The van der Waals surface area contributed by atoms with Gasteiger partial charge in [0.15, 0.2) is 5.84 Å². The van der Waals surface area contributed by atoms with E-state index in [0.717, 1.165) is 33.1 Å². The highest BCUT2D eigenvalue weighted by Crippen LogP contribution is 2.45. The third-order valence-electron chi connectivity index (χ3n) is 8.59. The second kappa shape index (κ2) is 11.2. The van der Waals surface area contributed by atoms with Crippen molar-refractivity contribution in [2.75, 3.05) is 0 Å². The fraction of sp³-hybridized carbons (Fsp3) is 0.128. The zero-order valence-electron chi connectivity index (χ0n) is 24.2. The highest BCUT2D eigenvalue weighted by atomic mass is 19.3. The van der Waals surface area contributed by atoms with E-state index in [1.165, 1.54) is 0 Å². The van der Waals surface area contributed by atoms with Crippen LogP contribution in [0.15, 0.2) is 161 Å². The maximum Gasteiger partial charge on any atom is 0.284 e. The Morgan fingerprint density at radius 1 is 0.841 bits per heavy atom. The van der Waals surface area contributed by atoms with Gasteiger partial charge >= 0.3 is 0 Å². The Bertz CT molecular complexity index is 2010. The molecule has 3 unspecified atom stereocenters. The molecule has 0 fully saturated rings. The van der Waals surface area contributed by atoms with E-state index in [1.54, 1.807) is 24.3 Å². The van der Waals surface area contributed by atoms with Crippen LogP contribution in [0.2, 0.25) is 0 Å². The topological polar surface area (TPSA) is 50.7 Å². The van der Waals surface area contributed by atoms with Gasteiger partial charge in [-0.25, -0.2) is 13.8 Å². The summed E-state index contributed by atoms with van der Waals surface area (Å²) in [7, 11) is 0. The lowest BCUT2D eigenvalue weighted by molar-refractivity contribution is -0.0227. The molecule has 0 radical (unpaired) electrons. The summed E-state index contributed by atoms with van der Waals surface area (Å²) in [6.07, 6.45) is 19.2. The first-order valence-electron chi connectivity index (χ1n) is 14.8. The minimum absolute atomic E-state index is 0.0697. The van der Waals surface area contributed by atoms with E-state index in [-0.39, 0.29) is 17.5 Å². The zero-order valence-corrected chi connectivity index (χ0v) is 24.2. The first-order chi connectivity index (χ1) is 21.4. The summed E-state index contributed by atoms with van der Waals surface area (Å²) >= 11 is 0. The van der Waals surface area contributed by atoms with Gasteiger partial charge in [-0.15, -0.1) is 0 Å². The van der Waals surface area contributed by atoms with Gasteiger partial charge in [-0.1, -0.05) is 127 Å². The van der Waals surface area contributed by atoms with Crippen molar-refractivity contribution in [3.63, 3.8) is 0 Å². The summed E-state index contributed by atoms with van der Waals surface area (Å²) in [5.41, 5.74) is 12.0. The summed E-state index contributed by atoms with van der Waals surface area (Å²) in [6, 6.07) is 25.2. The number of nitrogens with two attached hydrogens (primary N) is 1. The number of alkyl halides is 2.